The van der Waals surface area contributed by atoms with Gasteiger partial charge in [0.25, 0.3) is 0 Å². The van der Waals surface area contributed by atoms with E-state index in [0.29, 0.717) is 5.91 Å². The number of benzene rings is 1. The molecular formula is C18H28N2O. The number of hydrogen-bond donors (Lipinski definition) is 1. The van der Waals surface area contributed by atoms with Gasteiger partial charge in [-0.15, -0.1) is 0 Å². The Morgan fingerprint density at radius 1 is 1.29 bits per heavy atom. The van der Waals surface area contributed by atoms with Crippen LogP contribution in [-0.2, 0) is 11.3 Å². The fraction of sp³-hybridized carbons (Fsp3) is 0.611. The molecule has 1 aliphatic heterocycles. The molecular weight excluding hydrogens is 260 g/mol. The second kappa shape index (κ2) is 7.08. The first kappa shape index (κ1) is 16.0. The van der Waals surface area contributed by atoms with Crippen LogP contribution >= 0.6 is 0 Å². The molecule has 1 amide bonds. The van der Waals surface area contributed by atoms with E-state index in [9.17, 15) is 4.79 Å². The molecule has 1 atom stereocenters. The third kappa shape index (κ3) is 3.65. The van der Waals surface area contributed by atoms with Crippen molar-refractivity contribution in [3.05, 3.63) is 35.4 Å². The van der Waals surface area contributed by atoms with Crippen LogP contribution in [0.2, 0.25) is 0 Å². The molecule has 3 heteroatoms. The van der Waals surface area contributed by atoms with Crippen LogP contribution in [0.4, 0.5) is 0 Å². The lowest BCUT2D eigenvalue weighted by Gasteiger charge is -2.33. The lowest BCUT2D eigenvalue weighted by molar-refractivity contribution is -0.142. The Bertz CT molecular complexity index is 461. The van der Waals surface area contributed by atoms with Crippen molar-refractivity contribution < 1.29 is 4.79 Å². The zero-order chi connectivity index (χ0) is 15.3. The first-order valence-corrected chi connectivity index (χ1v) is 8.17. The molecule has 0 saturated carbocycles. The van der Waals surface area contributed by atoms with Gasteiger partial charge in [0.1, 0.15) is 0 Å². The second-order valence-corrected chi connectivity index (χ2v) is 6.27. The molecule has 1 fully saturated rings. The monoisotopic (exact) mass is 288 g/mol. The fourth-order valence-corrected chi connectivity index (χ4v) is 3.15. The lowest BCUT2D eigenvalue weighted by atomic mass is 9.82. The van der Waals surface area contributed by atoms with E-state index in [2.05, 4.69) is 55.3 Å². The van der Waals surface area contributed by atoms with E-state index < -0.39 is 0 Å². The van der Waals surface area contributed by atoms with Gasteiger partial charge in [0, 0.05) is 19.6 Å². The van der Waals surface area contributed by atoms with Gasteiger partial charge in [-0.25, -0.2) is 0 Å². The van der Waals surface area contributed by atoms with E-state index in [1.807, 2.05) is 0 Å². The smallest absolute Gasteiger partial charge is 0.230 e. The Morgan fingerprint density at radius 2 is 2.00 bits per heavy atom. The van der Waals surface area contributed by atoms with E-state index in [1.54, 1.807) is 0 Å². The molecule has 1 aromatic rings. The largest absolute Gasteiger partial charge is 0.338 e. The van der Waals surface area contributed by atoms with Crippen molar-refractivity contribution in [1.82, 2.24) is 10.2 Å². The van der Waals surface area contributed by atoms with Crippen molar-refractivity contribution in [2.24, 2.45) is 5.41 Å². The van der Waals surface area contributed by atoms with Gasteiger partial charge in [-0.1, -0.05) is 43.7 Å². The predicted octanol–water partition coefficient (Wildman–Crippen LogP) is 3.12. The molecule has 1 N–H and O–H groups in total. The van der Waals surface area contributed by atoms with Crippen LogP contribution in [0.3, 0.4) is 0 Å². The summed E-state index contributed by atoms with van der Waals surface area (Å²) in [5, 5.41) is 3.37. The van der Waals surface area contributed by atoms with Crippen molar-refractivity contribution in [3.8, 4) is 0 Å². The molecule has 1 heterocycles. The number of carbonyl (C=O) groups is 1. The average Bonchev–Trinajstić information content (AvgIpc) is 2.98. The summed E-state index contributed by atoms with van der Waals surface area (Å²) in [6.45, 7) is 9.74. The summed E-state index contributed by atoms with van der Waals surface area (Å²) in [7, 11) is 0. The Hall–Kier alpha value is -1.35. The highest BCUT2D eigenvalue weighted by molar-refractivity contribution is 5.83. The Balaban J connectivity index is 2.13. The van der Waals surface area contributed by atoms with Gasteiger partial charge in [-0.05, 0) is 38.3 Å². The fourth-order valence-electron chi connectivity index (χ4n) is 3.15. The number of hydrogen-bond acceptors (Lipinski definition) is 2. The lowest BCUT2D eigenvalue weighted by Crippen LogP contribution is -2.45. The highest BCUT2D eigenvalue weighted by Crippen LogP contribution is 2.32. The number of carbonyl (C=O) groups excluding carboxylic acids is 1. The van der Waals surface area contributed by atoms with Gasteiger partial charge in [0.2, 0.25) is 5.91 Å². The summed E-state index contributed by atoms with van der Waals surface area (Å²) in [6.07, 6.45) is 2.90. The Kier molecular flexibility index (Phi) is 5.40. The quantitative estimate of drug-likeness (QED) is 0.872. The number of nitrogens with one attached hydrogen (secondary N) is 1. The maximum absolute atomic E-state index is 13.0. The summed E-state index contributed by atoms with van der Waals surface area (Å²) in [5.74, 6) is 0.331. The third-order valence-corrected chi connectivity index (χ3v) is 4.65. The average molecular weight is 288 g/mol. The number of rotatable bonds is 6. The molecule has 1 saturated heterocycles. The van der Waals surface area contributed by atoms with Crippen molar-refractivity contribution >= 4 is 5.91 Å². The molecule has 0 bridgehead atoms. The summed E-state index contributed by atoms with van der Waals surface area (Å²) in [5.41, 5.74) is 2.30. The first-order chi connectivity index (χ1) is 10.1. The molecule has 0 aromatic heterocycles. The molecule has 3 nitrogen and oxygen atoms in total. The molecule has 1 unspecified atom stereocenters. The molecule has 0 aliphatic carbocycles. The van der Waals surface area contributed by atoms with Gasteiger partial charge < -0.3 is 10.2 Å². The highest BCUT2D eigenvalue weighted by Gasteiger charge is 2.41. The van der Waals surface area contributed by atoms with Gasteiger partial charge in [0.15, 0.2) is 0 Å². The van der Waals surface area contributed by atoms with Crippen LogP contribution < -0.4 is 5.32 Å². The Morgan fingerprint density at radius 3 is 2.52 bits per heavy atom. The van der Waals surface area contributed by atoms with Gasteiger partial charge in [-0.3, -0.25) is 4.79 Å². The zero-order valence-electron chi connectivity index (χ0n) is 13.6. The van der Waals surface area contributed by atoms with Gasteiger partial charge in [0.05, 0.1) is 5.41 Å². The van der Waals surface area contributed by atoms with Crippen LogP contribution in [-0.4, -0.2) is 30.4 Å². The molecule has 116 valence electrons. The van der Waals surface area contributed by atoms with Crippen molar-refractivity contribution in [1.29, 1.82) is 0 Å². The SMILES string of the molecule is CCCN(Cc1ccc(C)cc1)C(=O)C1(CC)CCNC1. The molecule has 0 radical (unpaired) electrons. The van der Waals surface area contributed by atoms with Crippen LogP contribution in [0, 0.1) is 12.3 Å². The minimum atomic E-state index is -0.181. The topological polar surface area (TPSA) is 32.3 Å². The summed E-state index contributed by atoms with van der Waals surface area (Å²) in [4.78, 5) is 15.1. The maximum atomic E-state index is 13.0. The summed E-state index contributed by atoms with van der Waals surface area (Å²) < 4.78 is 0. The molecule has 1 aliphatic rings. The van der Waals surface area contributed by atoms with Crippen LogP contribution in [0.15, 0.2) is 24.3 Å². The molecule has 0 spiro atoms. The standard InChI is InChI=1S/C18H28N2O/c1-4-12-20(13-16-8-6-15(3)7-9-16)17(21)18(5-2)10-11-19-14-18/h6-9,19H,4-5,10-14H2,1-3H3. The predicted molar refractivity (Wildman–Crippen MR) is 87.1 cm³/mol. The highest BCUT2D eigenvalue weighted by atomic mass is 16.2. The molecule has 21 heavy (non-hydrogen) atoms. The van der Waals surface area contributed by atoms with Crippen molar-refractivity contribution in [3.63, 3.8) is 0 Å². The van der Waals surface area contributed by atoms with Gasteiger partial charge >= 0.3 is 0 Å². The van der Waals surface area contributed by atoms with Crippen molar-refractivity contribution in [2.45, 2.75) is 46.6 Å². The normalized spacial score (nSPS) is 21.5. The number of aryl methyl sites for hydroxylation is 1. The van der Waals surface area contributed by atoms with Crippen LogP contribution in [0.1, 0.15) is 44.2 Å². The number of nitrogens with zero attached hydrogens (tertiary/aromatic N) is 1. The third-order valence-electron chi connectivity index (χ3n) is 4.65. The molecule has 1 aromatic carbocycles. The second-order valence-electron chi connectivity index (χ2n) is 6.27. The van der Waals surface area contributed by atoms with E-state index >= 15 is 0 Å². The zero-order valence-corrected chi connectivity index (χ0v) is 13.6. The van der Waals surface area contributed by atoms with Crippen LogP contribution in [0.5, 0.6) is 0 Å². The Labute approximate surface area is 128 Å². The van der Waals surface area contributed by atoms with E-state index in [-0.39, 0.29) is 5.41 Å². The van der Waals surface area contributed by atoms with E-state index in [0.717, 1.165) is 45.4 Å². The minimum absolute atomic E-state index is 0.181. The summed E-state index contributed by atoms with van der Waals surface area (Å²) in [6, 6.07) is 8.51. The van der Waals surface area contributed by atoms with Gasteiger partial charge in [-0.2, -0.15) is 0 Å². The summed E-state index contributed by atoms with van der Waals surface area (Å²) >= 11 is 0. The minimum Gasteiger partial charge on any atom is -0.338 e. The maximum Gasteiger partial charge on any atom is 0.230 e. The first-order valence-electron chi connectivity index (χ1n) is 8.17. The molecule has 2 rings (SSSR count). The van der Waals surface area contributed by atoms with E-state index in [1.165, 1.54) is 11.1 Å². The van der Waals surface area contributed by atoms with Crippen molar-refractivity contribution in [2.75, 3.05) is 19.6 Å². The number of amides is 1. The van der Waals surface area contributed by atoms with Crippen LogP contribution in [0.25, 0.3) is 0 Å². The van der Waals surface area contributed by atoms with E-state index in [4.69, 9.17) is 0 Å².